The Labute approximate surface area is 164 Å². The minimum atomic E-state index is -0.914. The van der Waals surface area contributed by atoms with Crippen LogP contribution in [0.4, 0.5) is 0 Å². The number of carbonyl (C=O) groups is 2. The second-order valence-electron chi connectivity index (χ2n) is 7.32. The summed E-state index contributed by atoms with van der Waals surface area (Å²) in [5.41, 5.74) is 3.56. The Morgan fingerprint density at radius 2 is 2.14 bits per heavy atom. The maximum atomic E-state index is 13.1. The number of carboxylic acid groups (broad SMARTS) is 1. The zero-order chi connectivity index (χ0) is 20.1. The Balaban J connectivity index is 1.75. The van der Waals surface area contributed by atoms with Crippen LogP contribution in [0.2, 0.25) is 0 Å². The maximum absolute atomic E-state index is 13.1. The van der Waals surface area contributed by atoms with Gasteiger partial charge < -0.3 is 14.7 Å². The van der Waals surface area contributed by atoms with Crippen molar-refractivity contribution in [1.82, 2.24) is 14.7 Å². The summed E-state index contributed by atoms with van der Waals surface area (Å²) in [6.07, 6.45) is 1.78. The lowest BCUT2D eigenvalue weighted by molar-refractivity contribution is -0.137. The van der Waals surface area contributed by atoms with Gasteiger partial charge in [0.15, 0.2) is 0 Å². The van der Waals surface area contributed by atoms with E-state index in [1.165, 1.54) is 0 Å². The van der Waals surface area contributed by atoms with E-state index in [1.54, 1.807) is 11.0 Å². The minimum Gasteiger partial charge on any atom is -0.481 e. The van der Waals surface area contributed by atoms with Crippen LogP contribution in [0.3, 0.4) is 0 Å². The second kappa shape index (κ2) is 9.01. The molecule has 28 heavy (non-hydrogen) atoms. The topological polar surface area (TPSA) is 84.7 Å². The standard InChI is InChI=1S/C21H27N3O4/c1-15-11-16(2)24(22-15)13-17-5-3-6-18(12-17)21(27)23(9-8-20(25)26)14-19-7-4-10-28-19/h3,5-6,11-12,19H,4,7-10,13-14H2,1-2H3,(H,25,26)/t19-/m0/s1. The summed E-state index contributed by atoms with van der Waals surface area (Å²) >= 11 is 0. The van der Waals surface area contributed by atoms with Crippen LogP contribution in [0, 0.1) is 13.8 Å². The third-order valence-corrected chi connectivity index (χ3v) is 4.94. The monoisotopic (exact) mass is 385 g/mol. The number of aliphatic carboxylic acids is 1. The molecular weight excluding hydrogens is 358 g/mol. The van der Waals surface area contributed by atoms with Crippen LogP contribution in [-0.2, 0) is 16.1 Å². The molecule has 1 aromatic heterocycles. The van der Waals surface area contributed by atoms with Crippen LogP contribution in [0.25, 0.3) is 0 Å². The number of rotatable bonds is 8. The Morgan fingerprint density at radius 3 is 2.79 bits per heavy atom. The number of ether oxygens (including phenoxy) is 1. The van der Waals surface area contributed by atoms with E-state index >= 15 is 0 Å². The van der Waals surface area contributed by atoms with Crippen molar-refractivity contribution in [3.63, 3.8) is 0 Å². The van der Waals surface area contributed by atoms with Gasteiger partial charge in [-0.15, -0.1) is 0 Å². The van der Waals surface area contributed by atoms with Gasteiger partial charge in [0.2, 0.25) is 0 Å². The highest BCUT2D eigenvalue weighted by atomic mass is 16.5. The first kappa shape index (κ1) is 20.1. The number of carbonyl (C=O) groups excluding carboxylic acids is 1. The third kappa shape index (κ3) is 5.19. The molecule has 150 valence electrons. The summed E-state index contributed by atoms with van der Waals surface area (Å²) in [4.78, 5) is 25.7. The van der Waals surface area contributed by atoms with E-state index < -0.39 is 5.97 Å². The highest BCUT2D eigenvalue weighted by Crippen LogP contribution is 2.17. The molecule has 1 aliphatic heterocycles. The normalized spacial score (nSPS) is 16.3. The van der Waals surface area contributed by atoms with Crippen molar-refractivity contribution in [3.8, 4) is 0 Å². The first-order valence-electron chi connectivity index (χ1n) is 9.65. The fourth-order valence-electron chi connectivity index (χ4n) is 3.53. The van der Waals surface area contributed by atoms with Gasteiger partial charge in [-0.1, -0.05) is 12.1 Å². The van der Waals surface area contributed by atoms with Crippen LogP contribution in [0.1, 0.15) is 46.6 Å². The first-order chi connectivity index (χ1) is 13.4. The molecule has 0 saturated carbocycles. The van der Waals surface area contributed by atoms with Crippen molar-refractivity contribution >= 4 is 11.9 Å². The zero-order valence-corrected chi connectivity index (χ0v) is 16.4. The average Bonchev–Trinajstić information content (AvgIpc) is 3.27. The van der Waals surface area contributed by atoms with Crippen molar-refractivity contribution in [1.29, 1.82) is 0 Å². The molecule has 0 spiro atoms. The van der Waals surface area contributed by atoms with E-state index in [4.69, 9.17) is 9.84 Å². The number of aryl methyl sites for hydroxylation is 2. The van der Waals surface area contributed by atoms with E-state index in [-0.39, 0.29) is 25.0 Å². The fraction of sp³-hybridized carbons (Fsp3) is 0.476. The molecule has 3 rings (SSSR count). The number of carboxylic acids is 1. The second-order valence-corrected chi connectivity index (χ2v) is 7.32. The molecule has 7 heteroatoms. The molecule has 1 aliphatic rings. The average molecular weight is 385 g/mol. The van der Waals surface area contributed by atoms with Crippen LogP contribution in [0.15, 0.2) is 30.3 Å². The minimum absolute atomic E-state index is 0.0179. The van der Waals surface area contributed by atoms with Crippen LogP contribution >= 0.6 is 0 Å². The first-order valence-corrected chi connectivity index (χ1v) is 9.65. The summed E-state index contributed by atoms with van der Waals surface area (Å²) in [5, 5.41) is 13.5. The van der Waals surface area contributed by atoms with Gasteiger partial charge in [0.25, 0.3) is 5.91 Å². The lowest BCUT2D eigenvalue weighted by Gasteiger charge is -2.25. The van der Waals surface area contributed by atoms with Gasteiger partial charge in [-0.2, -0.15) is 5.10 Å². The number of benzene rings is 1. The van der Waals surface area contributed by atoms with E-state index in [9.17, 15) is 9.59 Å². The molecule has 2 heterocycles. The lowest BCUT2D eigenvalue weighted by atomic mass is 10.1. The Hall–Kier alpha value is -2.67. The Bertz CT molecular complexity index is 840. The molecule has 7 nitrogen and oxygen atoms in total. The zero-order valence-electron chi connectivity index (χ0n) is 16.4. The smallest absolute Gasteiger partial charge is 0.305 e. The van der Waals surface area contributed by atoms with Crippen LogP contribution in [-0.4, -0.2) is 57.5 Å². The molecule has 1 saturated heterocycles. The summed E-state index contributed by atoms with van der Waals surface area (Å²) < 4.78 is 7.55. The maximum Gasteiger partial charge on any atom is 0.305 e. The van der Waals surface area contributed by atoms with Crippen LogP contribution < -0.4 is 0 Å². The summed E-state index contributed by atoms with van der Waals surface area (Å²) in [7, 11) is 0. The van der Waals surface area contributed by atoms with Gasteiger partial charge in [0, 0.05) is 31.0 Å². The van der Waals surface area contributed by atoms with Crippen molar-refractivity contribution in [2.45, 2.75) is 45.8 Å². The van der Waals surface area contributed by atoms with Crippen LogP contribution in [0.5, 0.6) is 0 Å². The molecular formula is C21H27N3O4. The van der Waals surface area contributed by atoms with Crippen molar-refractivity contribution in [2.75, 3.05) is 19.7 Å². The number of nitrogens with zero attached hydrogens (tertiary/aromatic N) is 3. The summed E-state index contributed by atoms with van der Waals surface area (Å²) in [6, 6.07) is 9.48. The van der Waals surface area contributed by atoms with E-state index in [0.29, 0.717) is 25.3 Å². The van der Waals surface area contributed by atoms with Gasteiger partial charge in [-0.05, 0) is 50.5 Å². The molecule has 1 aromatic carbocycles. The van der Waals surface area contributed by atoms with Gasteiger partial charge >= 0.3 is 5.97 Å². The molecule has 1 N–H and O–H groups in total. The highest BCUT2D eigenvalue weighted by molar-refractivity contribution is 5.94. The summed E-state index contributed by atoms with van der Waals surface area (Å²) in [6.45, 7) is 5.84. The lowest BCUT2D eigenvalue weighted by Crippen LogP contribution is -2.38. The summed E-state index contributed by atoms with van der Waals surface area (Å²) in [5.74, 6) is -1.07. The number of aromatic nitrogens is 2. The Kier molecular flexibility index (Phi) is 6.46. The van der Waals surface area contributed by atoms with Crippen molar-refractivity contribution in [3.05, 3.63) is 52.8 Å². The van der Waals surface area contributed by atoms with Gasteiger partial charge in [0.05, 0.1) is 24.8 Å². The van der Waals surface area contributed by atoms with Gasteiger partial charge in [0.1, 0.15) is 0 Å². The molecule has 1 amide bonds. The third-order valence-electron chi connectivity index (χ3n) is 4.94. The molecule has 1 atom stereocenters. The van der Waals surface area contributed by atoms with E-state index in [0.717, 1.165) is 29.8 Å². The number of amides is 1. The van der Waals surface area contributed by atoms with E-state index in [2.05, 4.69) is 5.10 Å². The highest BCUT2D eigenvalue weighted by Gasteiger charge is 2.24. The fourth-order valence-corrected chi connectivity index (χ4v) is 3.53. The molecule has 0 unspecified atom stereocenters. The molecule has 2 aromatic rings. The number of hydrogen-bond donors (Lipinski definition) is 1. The molecule has 0 aliphatic carbocycles. The molecule has 1 fully saturated rings. The van der Waals surface area contributed by atoms with Crippen molar-refractivity contribution in [2.24, 2.45) is 0 Å². The molecule has 0 bridgehead atoms. The van der Waals surface area contributed by atoms with Gasteiger partial charge in [-0.3, -0.25) is 14.3 Å². The predicted octanol–water partition coefficient (Wildman–Crippen LogP) is 2.64. The van der Waals surface area contributed by atoms with E-state index in [1.807, 2.05) is 42.8 Å². The SMILES string of the molecule is Cc1cc(C)n(Cc2cccc(C(=O)N(CCC(=O)O)C[C@@H]3CCCO3)c2)n1. The largest absolute Gasteiger partial charge is 0.481 e. The number of hydrogen-bond acceptors (Lipinski definition) is 4. The molecule has 0 radical (unpaired) electrons. The van der Waals surface area contributed by atoms with Crippen molar-refractivity contribution < 1.29 is 19.4 Å². The van der Waals surface area contributed by atoms with Gasteiger partial charge in [-0.25, -0.2) is 0 Å². The Morgan fingerprint density at radius 1 is 1.32 bits per heavy atom. The quantitative estimate of drug-likeness (QED) is 0.755. The predicted molar refractivity (Wildman–Crippen MR) is 104 cm³/mol.